The number of aryl methyl sites for hydroxylation is 1. The third kappa shape index (κ3) is 4.06. The highest BCUT2D eigenvalue weighted by Gasteiger charge is 2.35. The van der Waals surface area contributed by atoms with Crippen LogP contribution in [0.25, 0.3) is 0 Å². The van der Waals surface area contributed by atoms with Gasteiger partial charge in [0.05, 0.1) is 11.1 Å². The molecule has 5 nitrogen and oxygen atoms in total. The van der Waals surface area contributed by atoms with Crippen LogP contribution >= 0.6 is 0 Å². The summed E-state index contributed by atoms with van der Waals surface area (Å²) in [6.45, 7) is 12.3. The SMILES string of the molecule is CCNc1cc(NC(C)(C)C(C)(C)O)nc(CC)n1. The Morgan fingerprint density at radius 2 is 1.68 bits per heavy atom. The molecule has 1 aromatic heterocycles. The Hall–Kier alpha value is -1.36. The number of nitrogens with zero attached hydrogens (tertiary/aromatic N) is 2. The molecule has 1 aromatic rings. The molecule has 0 fully saturated rings. The minimum Gasteiger partial charge on any atom is -0.388 e. The molecule has 0 atom stereocenters. The number of nitrogens with one attached hydrogen (secondary N) is 2. The van der Waals surface area contributed by atoms with Gasteiger partial charge in [-0.25, -0.2) is 9.97 Å². The van der Waals surface area contributed by atoms with Crippen LogP contribution in [-0.2, 0) is 6.42 Å². The Balaban J connectivity index is 3.03. The van der Waals surface area contributed by atoms with Gasteiger partial charge < -0.3 is 15.7 Å². The van der Waals surface area contributed by atoms with Crippen molar-refractivity contribution in [2.45, 2.75) is 59.1 Å². The van der Waals surface area contributed by atoms with Gasteiger partial charge in [0.2, 0.25) is 0 Å². The molecule has 0 saturated carbocycles. The molecular weight excluding hydrogens is 240 g/mol. The van der Waals surface area contributed by atoms with E-state index in [-0.39, 0.29) is 0 Å². The first kappa shape index (κ1) is 15.7. The molecule has 1 heterocycles. The van der Waals surface area contributed by atoms with Gasteiger partial charge in [0.15, 0.2) is 0 Å². The summed E-state index contributed by atoms with van der Waals surface area (Å²) in [6, 6.07) is 1.87. The summed E-state index contributed by atoms with van der Waals surface area (Å²) in [4.78, 5) is 8.87. The molecule has 5 heteroatoms. The molecule has 3 N–H and O–H groups in total. The molecule has 19 heavy (non-hydrogen) atoms. The Labute approximate surface area is 115 Å². The molecule has 0 radical (unpaired) electrons. The summed E-state index contributed by atoms with van der Waals surface area (Å²) in [7, 11) is 0. The molecule has 0 unspecified atom stereocenters. The van der Waals surface area contributed by atoms with Crippen molar-refractivity contribution in [3.05, 3.63) is 11.9 Å². The van der Waals surface area contributed by atoms with E-state index in [0.29, 0.717) is 0 Å². The largest absolute Gasteiger partial charge is 0.388 e. The lowest BCUT2D eigenvalue weighted by molar-refractivity contribution is 0.0238. The lowest BCUT2D eigenvalue weighted by Crippen LogP contribution is -2.51. The second-order valence-corrected chi connectivity index (χ2v) is 5.75. The molecule has 0 aliphatic carbocycles. The van der Waals surface area contributed by atoms with E-state index >= 15 is 0 Å². The van der Waals surface area contributed by atoms with E-state index < -0.39 is 11.1 Å². The van der Waals surface area contributed by atoms with Gasteiger partial charge in [-0.1, -0.05) is 6.92 Å². The third-order valence-corrected chi connectivity index (χ3v) is 3.42. The van der Waals surface area contributed by atoms with Gasteiger partial charge in [-0.3, -0.25) is 0 Å². The Bertz CT molecular complexity index is 424. The van der Waals surface area contributed by atoms with E-state index in [1.807, 2.05) is 33.8 Å². The zero-order chi connectivity index (χ0) is 14.7. The summed E-state index contributed by atoms with van der Waals surface area (Å²) < 4.78 is 0. The standard InChI is InChI=1S/C14H26N4O/c1-7-10-16-11(15-8-2)9-12(17-10)18-13(3,4)14(5,6)19/h9,19H,7-8H2,1-6H3,(H2,15,16,17,18). The molecular formula is C14H26N4O. The summed E-state index contributed by atoms with van der Waals surface area (Å²) in [5.74, 6) is 2.32. The smallest absolute Gasteiger partial charge is 0.132 e. The van der Waals surface area contributed by atoms with E-state index in [1.165, 1.54) is 0 Å². The minimum absolute atomic E-state index is 0.490. The van der Waals surface area contributed by atoms with Crippen LogP contribution in [0.15, 0.2) is 6.07 Å². The highest BCUT2D eigenvalue weighted by Crippen LogP contribution is 2.26. The number of hydrogen-bond donors (Lipinski definition) is 3. The summed E-state index contributed by atoms with van der Waals surface area (Å²) in [6.07, 6.45) is 0.775. The van der Waals surface area contributed by atoms with Crippen LogP contribution in [0.3, 0.4) is 0 Å². The van der Waals surface area contributed by atoms with Gasteiger partial charge in [-0.2, -0.15) is 0 Å². The van der Waals surface area contributed by atoms with Gasteiger partial charge in [-0.15, -0.1) is 0 Å². The maximum Gasteiger partial charge on any atom is 0.132 e. The number of aliphatic hydroxyl groups is 1. The Morgan fingerprint density at radius 1 is 1.11 bits per heavy atom. The minimum atomic E-state index is -0.858. The molecule has 0 amide bonds. The van der Waals surface area contributed by atoms with Gasteiger partial charge in [0, 0.05) is 19.0 Å². The van der Waals surface area contributed by atoms with Crippen LogP contribution in [0, 0.1) is 0 Å². The van der Waals surface area contributed by atoms with Crippen molar-refractivity contribution in [3.8, 4) is 0 Å². The van der Waals surface area contributed by atoms with E-state index in [0.717, 1.165) is 30.4 Å². The van der Waals surface area contributed by atoms with Crippen LogP contribution in [0.4, 0.5) is 11.6 Å². The maximum absolute atomic E-state index is 10.2. The van der Waals surface area contributed by atoms with E-state index in [9.17, 15) is 5.11 Å². The number of anilines is 2. The zero-order valence-corrected chi connectivity index (χ0v) is 12.8. The van der Waals surface area contributed by atoms with Crippen molar-refractivity contribution in [1.82, 2.24) is 9.97 Å². The van der Waals surface area contributed by atoms with Crippen LogP contribution in [-0.4, -0.2) is 32.8 Å². The van der Waals surface area contributed by atoms with Crippen molar-refractivity contribution < 1.29 is 5.11 Å². The van der Waals surface area contributed by atoms with Crippen LogP contribution in [0.2, 0.25) is 0 Å². The highest BCUT2D eigenvalue weighted by atomic mass is 16.3. The van der Waals surface area contributed by atoms with Crippen molar-refractivity contribution in [1.29, 1.82) is 0 Å². The fourth-order valence-electron chi connectivity index (χ4n) is 1.46. The zero-order valence-electron chi connectivity index (χ0n) is 12.8. The van der Waals surface area contributed by atoms with Gasteiger partial charge in [0.1, 0.15) is 17.5 Å². The lowest BCUT2D eigenvalue weighted by atomic mass is 9.86. The van der Waals surface area contributed by atoms with Crippen molar-refractivity contribution in [3.63, 3.8) is 0 Å². The summed E-state index contributed by atoms with van der Waals surface area (Å²) in [5, 5.41) is 16.7. The van der Waals surface area contributed by atoms with Gasteiger partial charge in [0.25, 0.3) is 0 Å². The van der Waals surface area contributed by atoms with Crippen molar-refractivity contribution in [2.75, 3.05) is 17.2 Å². The molecule has 0 saturated heterocycles. The lowest BCUT2D eigenvalue weighted by Gasteiger charge is -2.38. The molecule has 0 spiro atoms. The monoisotopic (exact) mass is 266 g/mol. The van der Waals surface area contributed by atoms with Crippen LogP contribution < -0.4 is 10.6 Å². The normalized spacial score (nSPS) is 12.4. The number of rotatable bonds is 6. The van der Waals surface area contributed by atoms with E-state index in [1.54, 1.807) is 13.8 Å². The molecule has 0 aromatic carbocycles. The second-order valence-electron chi connectivity index (χ2n) is 5.75. The number of hydrogen-bond acceptors (Lipinski definition) is 5. The fraction of sp³-hybridized carbons (Fsp3) is 0.714. The predicted molar refractivity (Wildman–Crippen MR) is 79.6 cm³/mol. The molecule has 108 valence electrons. The van der Waals surface area contributed by atoms with E-state index in [2.05, 4.69) is 20.6 Å². The summed E-state index contributed by atoms with van der Waals surface area (Å²) >= 11 is 0. The molecule has 0 bridgehead atoms. The highest BCUT2D eigenvalue weighted by molar-refractivity contribution is 5.49. The Kier molecular flexibility index (Phi) is 4.74. The molecule has 0 aliphatic rings. The van der Waals surface area contributed by atoms with Crippen molar-refractivity contribution in [2.24, 2.45) is 0 Å². The fourth-order valence-corrected chi connectivity index (χ4v) is 1.46. The quantitative estimate of drug-likeness (QED) is 0.737. The molecule has 1 rings (SSSR count). The first-order valence-electron chi connectivity index (χ1n) is 6.82. The van der Waals surface area contributed by atoms with Gasteiger partial charge >= 0.3 is 0 Å². The third-order valence-electron chi connectivity index (χ3n) is 3.42. The van der Waals surface area contributed by atoms with Gasteiger partial charge in [-0.05, 0) is 34.6 Å². The maximum atomic E-state index is 10.2. The second kappa shape index (κ2) is 5.74. The van der Waals surface area contributed by atoms with Crippen molar-refractivity contribution >= 4 is 11.6 Å². The average Bonchev–Trinajstić information content (AvgIpc) is 2.26. The summed E-state index contributed by atoms with van der Waals surface area (Å²) in [5.41, 5.74) is -1.35. The topological polar surface area (TPSA) is 70.1 Å². The van der Waals surface area contributed by atoms with Crippen LogP contribution in [0.5, 0.6) is 0 Å². The first-order valence-corrected chi connectivity index (χ1v) is 6.82. The molecule has 0 aliphatic heterocycles. The predicted octanol–water partition coefficient (Wildman–Crippen LogP) is 2.43. The van der Waals surface area contributed by atoms with Crippen LogP contribution in [0.1, 0.15) is 47.4 Å². The van der Waals surface area contributed by atoms with E-state index in [4.69, 9.17) is 0 Å². The Morgan fingerprint density at radius 3 is 2.16 bits per heavy atom. The number of aromatic nitrogens is 2. The average molecular weight is 266 g/mol. The first-order chi connectivity index (χ1) is 8.69.